The second-order valence-corrected chi connectivity index (χ2v) is 6.43. The fraction of sp³-hybridized carbons (Fsp3) is 0.150. The van der Waals surface area contributed by atoms with Crippen LogP contribution in [0.3, 0.4) is 0 Å². The molecule has 0 bridgehead atoms. The molecule has 0 saturated heterocycles. The largest absolute Gasteiger partial charge is 0.497 e. The molecule has 1 aromatic heterocycles. The van der Waals surface area contributed by atoms with Crippen molar-refractivity contribution in [2.24, 2.45) is 0 Å². The topological polar surface area (TPSA) is 146 Å². The number of non-ortho nitro benzene ring substituents is 1. The Morgan fingerprint density at radius 3 is 2.42 bits per heavy atom. The number of carboxylic acids is 1. The van der Waals surface area contributed by atoms with Crippen LogP contribution in [0.4, 0.5) is 11.4 Å². The van der Waals surface area contributed by atoms with Crippen LogP contribution in [-0.4, -0.2) is 38.8 Å². The van der Waals surface area contributed by atoms with Crippen LogP contribution in [0.15, 0.2) is 54.9 Å². The molecule has 0 aliphatic carbocycles. The highest BCUT2D eigenvalue weighted by atomic mass is 16.6. The fourth-order valence-electron chi connectivity index (χ4n) is 2.63. The molecule has 1 heterocycles. The van der Waals surface area contributed by atoms with E-state index in [9.17, 15) is 19.7 Å². The summed E-state index contributed by atoms with van der Waals surface area (Å²) in [7, 11) is 1.53. The summed E-state index contributed by atoms with van der Waals surface area (Å²) in [6.07, 6.45) is 2.35. The van der Waals surface area contributed by atoms with E-state index in [1.165, 1.54) is 43.1 Å². The third-order valence-corrected chi connectivity index (χ3v) is 4.29. The van der Waals surface area contributed by atoms with E-state index in [2.05, 4.69) is 10.4 Å². The van der Waals surface area contributed by atoms with E-state index in [1.54, 1.807) is 24.3 Å². The smallest absolute Gasteiger partial charge is 0.338 e. The van der Waals surface area contributed by atoms with E-state index in [1.807, 2.05) is 0 Å². The van der Waals surface area contributed by atoms with Crippen molar-refractivity contribution in [1.29, 1.82) is 0 Å². The number of benzene rings is 2. The van der Waals surface area contributed by atoms with Gasteiger partial charge in [-0.25, -0.2) is 4.79 Å². The first-order valence-electron chi connectivity index (χ1n) is 8.96. The molecule has 0 aliphatic rings. The molecule has 3 rings (SSSR count). The van der Waals surface area contributed by atoms with Crippen molar-refractivity contribution in [1.82, 2.24) is 9.78 Å². The molecular weight excluding hydrogens is 408 g/mol. The number of carbonyl (C=O) groups is 2. The lowest BCUT2D eigenvalue weighted by Crippen LogP contribution is -2.24. The maximum absolute atomic E-state index is 12.6. The van der Waals surface area contributed by atoms with Gasteiger partial charge in [-0.1, -0.05) is 0 Å². The summed E-state index contributed by atoms with van der Waals surface area (Å²) < 4.78 is 11.9. The van der Waals surface area contributed by atoms with Crippen LogP contribution in [-0.2, 0) is 4.79 Å². The van der Waals surface area contributed by atoms with Crippen molar-refractivity contribution < 1.29 is 29.1 Å². The van der Waals surface area contributed by atoms with Crippen molar-refractivity contribution in [2.45, 2.75) is 13.0 Å². The van der Waals surface area contributed by atoms with Crippen molar-refractivity contribution >= 4 is 23.3 Å². The number of nitro groups is 1. The molecule has 160 valence electrons. The summed E-state index contributed by atoms with van der Waals surface area (Å²) in [5.41, 5.74) is -0.202. The first-order valence-corrected chi connectivity index (χ1v) is 8.96. The molecule has 2 N–H and O–H groups in total. The highest BCUT2D eigenvalue weighted by Gasteiger charge is 2.20. The van der Waals surface area contributed by atoms with E-state index < -0.39 is 22.8 Å². The Morgan fingerprint density at radius 1 is 1.16 bits per heavy atom. The number of hydrogen-bond acceptors (Lipinski definition) is 7. The standard InChI is InChI=1S/C20H18N4O7/c1-12(23-11-13(10-21-23)20(26)27)19(25)22-14-7-15(24(28)29)9-18(8-14)31-17-5-3-16(30-2)4-6-17/h3-12H,1-2H3,(H,22,25)(H,26,27). The molecule has 0 saturated carbocycles. The number of hydrogen-bond donors (Lipinski definition) is 2. The highest BCUT2D eigenvalue weighted by Crippen LogP contribution is 2.31. The molecule has 1 unspecified atom stereocenters. The number of methoxy groups -OCH3 is 1. The van der Waals surface area contributed by atoms with Crippen molar-refractivity contribution in [3.63, 3.8) is 0 Å². The molecule has 1 amide bonds. The lowest BCUT2D eigenvalue weighted by molar-refractivity contribution is -0.384. The van der Waals surface area contributed by atoms with Crippen LogP contribution in [0.5, 0.6) is 17.2 Å². The summed E-state index contributed by atoms with van der Waals surface area (Å²) in [4.78, 5) is 34.2. The van der Waals surface area contributed by atoms with Crippen molar-refractivity contribution in [3.05, 3.63) is 70.5 Å². The number of carboxylic acid groups (broad SMARTS) is 1. The van der Waals surface area contributed by atoms with Gasteiger partial charge in [0.15, 0.2) is 0 Å². The summed E-state index contributed by atoms with van der Waals surface area (Å²) in [5.74, 6) is -0.522. The van der Waals surface area contributed by atoms with E-state index in [-0.39, 0.29) is 22.7 Å². The lowest BCUT2D eigenvalue weighted by atomic mass is 10.2. The van der Waals surface area contributed by atoms with Crippen LogP contribution in [0.1, 0.15) is 23.3 Å². The molecule has 11 heteroatoms. The zero-order valence-electron chi connectivity index (χ0n) is 16.5. The van der Waals surface area contributed by atoms with E-state index in [0.717, 1.165) is 6.20 Å². The number of amides is 1. The molecule has 31 heavy (non-hydrogen) atoms. The van der Waals surface area contributed by atoms with Crippen LogP contribution < -0.4 is 14.8 Å². The lowest BCUT2D eigenvalue weighted by Gasteiger charge is -2.14. The van der Waals surface area contributed by atoms with Gasteiger partial charge in [0, 0.05) is 18.3 Å². The van der Waals surface area contributed by atoms with E-state index in [4.69, 9.17) is 14.6 Å². The quantitative estimate of drug-likeness (QED) is 0.411. The number of nitrogens with zero attached hydrogens (tertiary/aromatic N) is 3. The Kier molecular flexibility index (Phi) is 6.15. The number of aromatic nitrogens is 2. The zero-order valence-corrected chi connectivity index (χ0v) is 16.5. The van der Waals surface area contributed by atoms with Crippen molar-refractivity contribution in [2.75, 3.05) is 12.4 Å². The van der Waals surface area contributed by atoms with Crippen LogP contribution >= 0.6 is 0 Å². The van der Waals surface area contributed by atoms with Gasteiger partial charge in [0.2, 0.25) is 5.91 Å². The summed E-state index contributed by atoms with van der Waals surface area (Å²) >= 11 is 0. The third-order valence-electron chi connectivity index (χ3n) is 4.29. The molecular formula is C20H18N4O7. The Morgan fingerprint density at radius 2 is 1.84 bits per heavy atom. The second-order valence-electron chi connectivity index (χ2n) is 6.43. The van der Waals surface area contributed by atoms with Crippen LogP contribution in [0.2, 0.25) is 0 Å². The predicted octanol–water partition coefficient (Wildman–Crippen LogP) is 3.49. The Labute approximate surface area is 176 Å². The van der Waals surface area contributed by atoms with Gasteiger partial charge in [-0.3, -0.25) is 19.6 Å². The highest BCUT2D eigenvalue weighted by molar-refractivity contribution is 5.94. The van der Waals surface area contributed by atoms with Gasteiger partial charge < -0.3 is 19.9 Å². The number of nitrogens with one attached hydrogen (secondary N) is 1. The summed E-state index contributed by atoms with van der Waals surface area (Å²) in [6.45, 7) is 1.51. The molecule has 11 nitrogen and oxygen atoms in total. The van der Waals surface area contributed by atoms with Gasteiger partial charge in [0.25, 0.3) is 5.69 Å². The molecule has 0 aliphatic heterocycles. The number of carbonyl (C=O) groups excluding carboxylic acids is 1. The number of nitro benzene ring substituents is 1. The zero-order chi connectivity index (χ0) is 22.5. The number of aromatic carboxylic acids is 1. The third kappa shape index (κ3) is 5.15. The number of anilines is 1. The molecule has 2 aromatic carbocycles. The first-order chi connectivity index (χ1) is 14.8. The Balaban J connectivity index is 1.81. The van der Waals surface area contributed by atoms with Gasteiger partial charge in [-0.2, -0.15) is 5.10 Å². The second kappa shape index (κ2) is 8.95. The van der Waals surface area contributed by atoms with E-state index >= 15 is 0 Å². The van der Waals surface area contributed by atoms with E-state index in [0.29, 0.717) is 11.5 Å². The van der Waals surface area contributed by atoms with Gasteiger partial charge in [-0.05, 0) is 31.2 Å². The maximum atomic E-state index is 12.6. The molecule has 3 aromatic rings. The monoisotopic (exact) mass is 426 g/mol. The van der Waals surface area contributed by atoms with Crippen molar-refractivity contribution in [3.8, 4) is 17.2 Å². The Bertz CT molecular complexity index is 1120. The minimum absolute atomic E-state index is 0.0647. The Hall–Kier alpha value is -4.41. The SMILES string of the molecule is COc1ccc(Oc2cc(NC(=O)C(C)n3cc(C(=O)O)cn3)cc([N+](=O)[O-])c2)cc1. The van der Waals surface area contributed by atoms with Gasteiger partial charge in [0.1, 0.15) is 23.3 Å². The maximum Gasteiger partial charge on any atom is 0.338 e. The molecule has 0 spiro atoms. The normalized spacial score (nSPS) is 11.4. The summed E-state index contributed by atoms with van der Waals surface area (Å²) in [6, 6.07) is 9.61. The first kappa shape index (κ1) is 21.3. The average Bonchev–Trinajstić information content (AvgIpc) is 3.24. The number of rotatable bonds is 8. The van der Waals surface area contributed by atoms with Gasteiger partial charge in [0.05, 0.1) is 35.5 Å². The van der Waals surface area contributed by atoms with Crippen LogP contribution in [0.25, 0.3) is 0 Å². The molecule has 1 atom stereocenters. The predicted molar refractivity (Wildman–Crippen MR) is 109 cm³/mol. The summed E-state index contributed by atoms with van der Waals surface area (Å²) in [5, 5.41) is 26.7. The minimum atomic E-state index is -1.17. The fourth-order valence-corrected chi connectivity index (χ4v) is 2.63. The van der Waals surface area contributed by atoms with Crippen LogP contribution in [0, 0.1) is 10.1 Å². The molecule has 0 radical (unpaired) electrons. The number of ether oxygens (including phenoxy) is 2. The average molecular weight is 426 g/mol. The minimum Gasteiger partial charge on any atom is -0.497 e. The van der Waals surface area contributed by atoms with Gasteiger partial charge in [-0.15, -0.1) is 0 Å². The molecule has 0 fully saturated rings. The van der Waals surface area contributed by atoms with Gasteiger partial charge >= 0.3 is 5.97 Å².